The standard InChI is InChI=1S/C24H26F4N4O3S/c1-36(33,34)32-8-4-15(5-9-32)20-10-17-11-21(35-22(17)14-29-20)16-2-6-31(7-3-16)23-19(25)12-18(13-30-23)24(26,27)28/h4,10,12-14,16,21H,2-3,5-9,11H2,1H3/t21-/m1/s1. The molecule has 0 bridgehead atoms. The summed E-state index contributed by atoms with van der Waals surface area (Å²) >= 11 is 0. The number of alkyl halides is 3. The molecule has 5 heterocycles. The Balaban J connectivity index is 1.20. The van der Waals surface area contributed by atoms with Crippen LogP contribution in [-0.4, -0.2) is 61.2 Å². The maximum absolute atomic E-state index is 14.3. The maximum atomic E-state index is 14.3. The molecule has 0 aliphatic carbocycles. The summed E-state index contributed by atoms with van der Waals surface area (Å²) in [5.74, 6) is -0.0770. The van der Waals surface area contributed by atoms with Crippen molar-refractivity contribution in [2.75, 3.05) is 37.3 Å². The number of sulfonamides is 1. The van der Waals surface area contributed by atoms with Gasteiger partial charge in [0.15, 0.2) is 11.6 Å². The molecule has 1 fully saturated rings. The minimum Gasteiger partial charge on any atom is -0.488 e. The number of halogens is 4. The first-order valence-electron chi connectivity index (χ1n) is 11.8. The van der Waals surface area contributed by atoms with E-state index < -0.39 is 27.6 Å². The molecular weight excluding hydrogens is 500 g/mol. The second kappa shape index (κ2) is 9.29. The highest BCUT2D eigenvalue weighted by atomic mass is 32.2. The summed E-state index contributed by atoms with van der Waals surface area (Å²) in [6, 6.07) is 2.50. The highest BCUT2D eigenvalue weighted by Gasteiger charge is 2.36. The number of hydrogen-bond acceptors (Lipinski definition) is 6. The van der Waals surface area contributed by atoms with Crippen molar-refractivity contribution in [2.45, 2.75) is 38.0 Å². The predicted octanol–water partition coefficient (Wildman–Crippen LogP) is 3.90. The van der Waals surface area contributed by atoms with E-state index in [9.17, 15) is 26.0 Å². The lowest BCUT2D eigenvalue weighted by molar-refractivity contribution is -0.138. The van der Waals surface area contributed by atoms with Gasteiger partial charge in [0.25, 0.3) is 0 Å². The number of ether oxygens (including phenoxy) is 1. The van der Waals surface area contributed by atoms with Crippen molar-refractivity contribution in [3.63, 3.8) is 0 Å². The van der Waals surface area contributed by atoms with E-state index in [4.69, 9.17) is 4.74 Å². The Kier molecular flexibility index (Phi) is 6.44. The maximum Gasteiger partial charge on any atom is 0.417 e. The Labute approximate surface area is 206 Å². The molecule has 0 saturated carbocycles. The van der Waals surface area contributed by atoms with Crippen LogP contribution in [0.15, 0.2) is 30.6 Å². The van der Waals surface area contributed by atoms with Crippen LogP contribution < -0.4 is 9.64 Å². The van der Waals surface area contributed by atoms with Crippen molar-refractivity contribution >= 4 is 21.4 Å². The number of rotatable bonds is 4. The summed E-state index contributed by atoms with van der Waals surface area (Å²) in [5.41, 5.74) is 1.79. The summed E-state index contributed by atoms with van der Waals surface area (Å²) in [5, 5.41) is 0. The topological polar surface area (TPSA) is 75.6 Å². The Bertz CT molecular complexity index is 1290. The number of hydrogen-bond donors (Lipinski definition) is 0. The smallest absolute Gasteiger partial charge is 0.417 e. The quantitative estimate of drug-likeness (QED) is 0.563. The molecule has 0 unspecified atom stereocenters. The molecule has 3 aliphatic heterocycles. The molecule has 0 aromatic carbocycles. The minimum absolute atomic E-state index is 0.0503. The van der Waals surface area contributed by atoms with Crippen LogP contribution in [0.5, 0.6) is 5.75 Å². The van der Waals surface area contributed by atoms with Crippen molar-refractivity contribution in [3.8, 4) is 5.75 Å². The predicted molar refractivity (Wildman–Crippen MR) is 126 cm³/mol. The first-order valence-corrected chi connectivity index (χ1v) is 13.6. The average Bonchev–Trinajstić information content (AvgIpc) is 3.27. The molecule has 12 heteroatoms. The van der Waals surface area contributed by atoms with Crippen molar-refractivity contribution in [1.29, 1.82) is 0 Å². The Morgan fingerprint density at radius 2 is 1.83 bits per heavy atom. The summed E-state index contributed by atoms with van der Waals surface area (Å²) in [6.45, 7) is 1.71. The minimum atomic E-state index is -4.63. The van der Waals surface area contributed by atoms with Gasteiger partial charge in [0.05, 0.1) is 23.7 Å². The Morgan fingerprint density at radius 1 is 1.08 bits per heavy atom. The fraction of sp³-hybridized carbons (Fsp3) is 0.500. The van der Waals surface area contributed by atoms with Gasteiger partial charge < -0.3 is 9.64 Å². The number of anilines is 1. The van der Waals surface area contributed by atoms with Gasteiger partial charge in [-0.05, 0) is 42.9 Å². The van der Waals surface area contributed by atoms with Crippen molar-refractivity contribution < 1.29 is 30.7 Å². The SMILES string of the molecule is CS(=O)(=O)N1CC=C(c2cc3c(cn2)O[C@@H](C2CCN(c4ncc(C(F)(F)F)cc4F)CC2)C3)CC1. The number of piperidine rings is 1. The van der Waals surface area contributed by atoms with E-state index in [0.29, 0.717) is 64.1 Å². The van der Waals surface area contributed by atoms with E-state index in [1.54, 1.807) is 11.1 Å². The van der Waals surface area contributed by atoms with E-state index in [0.717, 1.165) is 22.6 Å². The Hall–Kier alpha value is -2.73. The van der Waals surface area contributed by atoms with E-state index in [1.807, 2.05) is 12.1 Å². The number of fused-ring (bicyclic) bond motifs is 1. The molecule has 3 aliphatic rings. The summed E-state index contributed by atoms with van der Waals surface area (Å²) in [6.07, 6.45) is 3.52. The normalized spacial score (nSPS) is 21.8. The van der Waals surface area contributed by atoms with Gasteiger partial charge in [-0.15, -0.1) is 0 Å². The van der Waals surface area contributed by atoms with Crippen molar-refractivity contribution in [3.05, 3.63) is 53.2 Å². The number of pyridine rings is 2. The molecule has 36 heavy (non-hydrogen) atoms. The fourth-order valence-corrected chi connectivity index (χ4v) is 5.86. The molecule has 5 rings (SSSR count). The Morgan fingerprint density at radius 3 is 2.44 bits per heavy atom. The van der Waals surface area contributed by atoms with Crippen LogP contribution in [-0.2, 0) is 22.6 Å². The first kappa shape index (κ1) is 24.9. The molecule has 2 aromatic heterocycles. The van der Waals surface area contributed by atoms with Crippen LogP contribution in [0.4, 0.5) is 23.4 Å². The van der Waals surface area contributed by atoms with Gasteiger partial charge in [-0.2, -0.15) is 17.5 Å². The van der Waals surface area contributed by atoms with Gasteiger partial charge in [-0.3, -0.25) is 4.98 Å². The molecule has 0 radical (unpaired) electrons. The summed E-state index contributed by atoms with van der Waals surface area (Å²) in [7, 11) is -3.22. The average molecular weight is 527 g/mol. The third kappa shape index (κ3) is 5.06. The van der Waals surface area contributed by atoms with E-state index in [1.165, 1.54) is 10.6 Å². The third-order valence-electron chi connectivity index (χ3n) is 7.13. The van der Waals surface area contributed by atoms with Crippen LogP contribution in [0.2, 0.25) is 0 Å². The van der Waals surface area contributed by atoms with Crippen LogP contribution >= 0.6 is 0 Å². The number of aromatic nitrogens is 2. The first-order chi connectivity index (χ1) is 17.0. The van der Waals surface area contributed by atoms with Crippen LogP contribution in [0, 0.1) is 11.7 Å². The van der Waals surface area contributed by atoms with E-state index in [-0.39, 0.29) is 17.8 Å². The third-order valence-corrected chi connectivity index (χ3v) is 8.40. The molecule has 2 aromatic rings. The van der Waals surface area contributed by atoms with Gasteiger partial charge in [0.1, 0.15) is 11.9 Å². The molecule has 194 valence electrons. The van der Waals surface area contributed by atoms with Crippen molar-refractivity contribution in [2.24, 2.45) is 5.92 Å². The van der Waals surface area contributed by atoms with Gasteiger partial charge in [-0.25, -0.2) is 17.8 Å². The lowest BCUT2D eigenvalue weighted by atomic mass is 9.88. The molecular formula is C24H26F4N4O3S. The van der Waals surface area contributed by atoms with Crippen molar-refractivity contribution in [1.82, 2.24) is 14.3 Å². The van der Waals surface area contributed by atoms with E-state index in [2.05, 4.69) is 9.97 Å². The number of nitrogens with zero attached hydrogens (tertiary/aromatic N) is 4. The van der Waals surface area contributed by atoms with Gasteiger partial charge in [-0.1, -0.05) is 6.08 Å². The zero-order valence-corrected chi connectivity index (χ0v) is 20.4. The second-order valence-electron chi connectivity index (χ2n) is 9.49. The zero-order chi connectivity index (χ0) is 25.7. The van der Waals surface area contributed by atoms with Crippen LogP contribution in [0.3, 0.4) is 0 Å². The van der Waals surface area contributed by atoms with E-state index >= 15 is 0 Å². The fourth-order valence-electron chi connectivity index (χ4n) is 5.10. The van der Waals surface area contributed by atoms with Gasteiger partial charge in [0, 0.05) is 44.4 Å². The van der Waals surface area contributed by atoms with Crippen LogP contribution in [0.25, 0.3) is 5.57 Å². The molecule has 1 saturated heterocycles. The highest BCUT2D eigenvalue weighted by Crippen LogP contribution is 2.38. The molecule has 0 amide bonds. The molecule has 7 nitrogen and oxygen atoms in total. The largest absolute Gasteiger partial charge is 0.488 e. The molecule has 0 N–H and O–H groups in total. The summed E-state index contributed by atoms with van der Waals surface area (Å²) in [4.78, 5) is 9.96. The van der Waals surface area contributed by atoms with Gasteiger partial charge >= 0.3 is 6.18 Å². The lowest BCUT2D eigenvalue weighted by Gasteiger charge is -2.35. The monoisotopic (exact) mass is 526 g/mol. The highest BCUT2D eigenvalue weighted by molar-refractivity contribution is 7.88. The van der Waals surface area contributed by atoms with Gasteiger partial charge in [0.2, 0.25) is 10.0 Å². The second-order valence-corrected chi connectivity index (χ2v) is 11.5. The lowest BCUT2D eigenvalue weighted by Crippen LogP contribution is -2.40. The summed E-state index contributed by atoms with van der Waals surface area (Å²) < 4.78 is 83.8. The molecule has 0 spiro atoms. The molecule has 1 atom stereocenters. The zero-order valence-electron chi connectivity index (χ0n) is 19.6. The van der Waals surface area contributed by atoms with Crippen LogP contribution in [0.1, 0.15) is 36.1 Å².